The van der Waals surface area contributed by atoms with Gasteiger partial charge in [0, 0.05) is 0 Å². The molecule has 0 radical (unpaired) electrons. The highest BCUT2D eigenvalue weighted by Gasteiger charge is 2.10. The minimum Gasteiger partial charge on any atom is -0.496 e. The van der Waals surface area contributed by atoms with Crippen LogP contribution in [0.3, 0.4) is 0 Å². The molecule has 0 unspecified atom stereocenters. The summed E-state index contributed by atoms with van der Waals surface area (Å²) in [7, 11) is 1.55. The van der Waals surface area contributed by atoms with Gasteiger partial charge in [0.25, 0.3) is 5.91 Å². The average molecular weight is 299 g/mol. The number of benzene rings is 2. The summed E-state index contributed by atoms with van der Waals surface area (Å²) in [5.41, 5.74) is 1.76. The first-order chi connectivity index (χ1) is 10.7. The molecule has 1 N–H and O–H groups in total. The zero-order chi connectivity index (χ0) is 15.8. The Kier molecular flexibility index (Phi) is 5.83. The van der Waals surface area contributed by atoms with E-state index in [2.05, 4.69) is 18.3 Å². The number of para-hydroxylation sites is 1. The molecule has 0 bridgehead atoms. The first-order valence-electron chi connectivity index (χ1n) is 7.37. The molecule has 0 fully saturated rings. The van der Waals surface area contributed by atoms with Gasteiger partial charge in [0.05, 0.1) is 19.2 Å². The smallest absolute Gasteiger partial charge is 0.255 e. The van der Waals surface area contributed by atoms with Gasteiger partial charge < -0.3 is 14.8 Å². The molecule has 0 aliphatic carbocycles. The van der Waals surface area contributed by atoms with Crippen LogP contribution in [0.2, 0.25) is 0 Å². The van der Waals surface area contributed by atoms with Crippen LogP contribution < -0.4 is 14.8 Å². The second kappa shape index (κ2) is 8.08. The highest BCUT2D eigenvalue weighted by atomic mass is 16.5. The predicted octanol–water partition coefficient (Wildman–Crippen LogP) is 3.07. The molecule has 0 heterocycles. The average Bonchev–Trinajstić information content (AvgIpc) is 2.58. The van der Waals surface area contributed by atoms with Gasteiger partial charge in [-0.2, -0.15) is 0 Å². The normalized spacial score (nSPS) is 10.1. The number of methoxy groups -OCH3 is 1. The van der Waals surface area contributed by atoms with Gasteiger partial charge in [-0.05, 0) is 36.2 Å². The topological polar surface area (TPSA) is 47.6 Å². The van der Waals surface area contributed by atoms with E-state index in [9.17, 15) is 4.79 Å². The van der Waals surface area contributed by atoms with Crippen molar-refractivity contribution in [1.82, 2.24) is 5.32 Å². The molecular weight excluding hydrogens is 278 g/mol. The lowest BCUT2D eigenvalue weighted by atomic mass is 10.2. The quantitative estimate of drug-likeness (QED) is 0.799. The second-order valence-electron chi connectivity index (χ2n) is 4.81. The van der Waals surface area contributed by atoms with Crippen molar-refractivity contribution in [3.05, 3.63) is 59.7 Å². The van der Waals surface area contributed by atoms with Crippen molar-refractivity contribution in [1.29, 1.82) is 0 Å². The van der Waals surface area contributed by atoms with Crippen molar-refractivity contribution in [3.63, 3.8) is 0 Å². The van der Waals surface area contributed by atoms with Gasteiger partial charge >= 0.3 is 0 Å². The van der Waals surface area contributed by atoms with Gasteiger partial charge in [0.2, 0.25) is 0 Å². The Hall–Kier alpha value is -2.49. The van der Waals surface area contributed by atoms with E-state index in [1.54, 1.807) is 19.2 Å². The fourth-order valence-electron chi connectivity index (χ4n) is 2.12. The number of nitrogens with one attached hydrogen (secondary N) is 1. The SMILES string of the molecule is CCc1cccc(OCCNC(=O)c2ccccc2OC)c1. The molecule has 0 aliphatic rings. The molecule has 2 aromatic carbocycles. The van der Waals surface area contributed by atoms with E-state index in [0.29, 0.717) is 24.5 Å². The second-order valence-corrected chi connectivity index (χ2v) is 4.81. The van der Waals surface area contributed by atoms with Crippen LogP contribution in [0.25, 0.3) is 0 Å². The molecule has 116 valence electrons. The van der Waals surface area contributed by atoms with Crippen LogP contribution in [0.15, 0.2) is 48.5 Å². The van der Waals surface area contributed by atoms with E-state index in [1.165, 1.54) is 5.56 Å². The molecule has 0 atom stereocenters. The Morgan fingerprint density at radius 2 is 1.95 bits per heavy atom. The van der Waals surface area contributed by atoms with Crippen LogP contribution in [0.5, 0.6) is 11.5 Å². The molecular formula is C18H21NO3. The van der Waals surface area contributed by atoms with Crippen LogP contribution in [0, 0.1) is 0 Å². The third kappa shape index (κ3) is 4.25. The zero-order valence-electron chi connectivity index (χ0n) is 13.0. The number of ether oxygens (including phenoxy) is 2. The summed E-state index contributed by atoms with van der Waals surface area (Å²) in [6.45, 7) is 2.97. The minimum atomic E-state index is -0.164. The lowest BCUT2D eigenvalue weighted by Gasteiger charge is -2.10. The molecule has 22 heavy (non-hydrogen) atoms. The van der Waals surface area contributed by atoms with Gasteiger partial charge in [-0.1, -0.05) is 31.2 Å². The molecule has 2 aromatic rings. The van der Waals surface area contributed by atoms with Gasteiger partial charge in [0.1, 0.15) is 18.1 Å². The number of aryl methyl sites for hydroxylation is 1. The molecule has 0 saturated carbocycles. The maximum Gasteiger partial charge on any atom is 0.255 e. The van der Waals surface area contributed by atoms with Crippen molar-refractivity contribution in [2.75, 3.05) is 20.3 Å². The van der Waals surface area contributed by atoms with E-state index >= 15 is 0 Å². The van der Waals surface area contributed by atoms with Gasteiger partial charge in [0.15, 0.2) is 0 Å². The fourth-order valence-corrected chi connectivity index (χ4v) is 2.12. The van der Waals surface area contributed by atoms with E-state index in [4.69, 9.17) is 9.47 Å². The summed E-state index contributed by atoms with van der Waals surface area (Å²) in [5.74, 6) is 1.23. The summed E-state index contributed by atoms with van der Waals surface area (Å²) in [4.78, 5) is 12.1. The molecule has 0 aliphatic heterocycles. The van der Waals surface area contributed by atoms with Crippen molar-refractivity contribution in [2.24, 2.45) is 0 Å². The summed E-state index contributed by atoms with van der Waals surface area (Å²) >= 11 is 0. The minimum absolute atomic E-state index is 0.164. The molecule has 0 spiro atoms. The third-order valence-corrected chi connectivity index (χ3v) is 3.31. The maximum absolute atomic E-state index is 12.1. The van der Waals surface area contributed by atoms with Crippen LogP contribution in [-0.4, -0.2) is 26.2 Å². The number of hydrogen-bond acceptors (Lipinski definition) is 3. The molecule has 1 amide bonds. The Morgan fingerprint density at radius 1 is 1.14 bits per heavy atom. The monoisotopic (exact) mass is 299 g/mol. The highest BCUT2D eigenvalue weighted by Crippen LogP contribution is 2.17. The first-order valence-corrected chi connectivity index (χ1v) is 7.37. The Balaban J connectivity index is 1.82. The van der Waals surface area contributed by atoms with Crippen LogP contribution in [-0.2, 0) is 6.42 Å². The Bertz CT molecular complexity index is 625. The first kappa shape index (κ1) is 15.9. The van der Waals surface area contributed by atoms with Crippen molar-refractivity contribution in [3.8, 4) is 11.5 Å². The number of hydrogen-bond donors (Lipinski definition) is 1. The Morgan fingerprint density at radius 3 is 2.73 bits per heavy atom. The number of carbonyl (C=O) groups is 1. The van der Waals surface area contributed by atoms with E-state index in [1.807, 2.05) is 30.3 Å². The molecule has 2 rings (SSSR count). The molecule has 0 saturated heterocycles. The fraction of sp³-hybridized carbons (Fsp3) is 0.278. The Labute approximate surface area is 131 Å². The largest absolute Gasteiger partial charge is 0.496 e. The van der Waals surface area contributed by atoms with Gasteiger partial charge in [-0.25, -0.2) is 0 Å². The van der Waals surface area contributed by atoms with Gasteiger partial charge in [-0.3, -0.25) is 4.79 Å². The molecule has 4 nitrogen and oxygen atoms in total. The summed E-state index contributed by atoms with van der Waals surface area (Å²) < 4.78 is 10.8. The summed E-state index contributed by atoms with van der Waals surface area (Å²) in [5, 5.41) is 2.83. The third-order valence-electron chi connectivity index (χ3n) is 3.31. The van der Waals surface area contributed by atoms with Crippen LogP contribution in [0.4, 0.5) is 0 Å². The lowest BCUT2D eigenvalue weighted by molar-refractivity contribution is 0.0944. The lowest BCUT2D eigenvalue weighted by Crippen LogP contribution is -2.28. The van der Waals surface area contributed by atoms with Crippen molar-refractivity contribution < 1.29 is 14.3 Å². The summed E-state index contributed by atoms with van der Waals surface area (Å²) in [6.07, 6.45) is 0.974. The van der Waals surface area contributed by atoms with E-state index in [-0.39, 0.29) is 5.91 Å². The summed E-state index contributed by atoms with van der Waals surface area (Å²) in [6, 6.07) is 15.1. The number of amides is 1. The maximum atomic E-state index is 12.1. The van der Waals surface area contributed by atoms with Crippen molar-refractivity contribution in [2.45, 2.75) is 13.3 Å². The van der Waals surface area contributed by atoms with Crippen LogP contribution in [0.1, 0.15) is 22.8 Å². The van der Waals surface area contributed by atoms with Gasteiger partial charge in [-0.15, -0.1) is 0 Å². The zero-order valence-corrected chi connectivity index (χ0v) is 13.0. The van der Waals surface area contributed by atoms with E-state index < -0.39 is 0 Å². The van der Waals surface area contributed by atoms with Crippen LogP contribution >= 0.6 is 0 Å². The molecule has 4 heteroatoms. The van der Waals surface area contributed by atoms with Crippen molar-refractivity contribution >= 4 is 5.91 Å². The predicted molar refractivity (Wildman–Crippen MR) is 86.6 cm³/mol. The number of rotatable bonds is 7. The molecule has 0 aromatic heterocycles. The van der Waals surface area contributed by atoms with E-state index in [0.717, 1.165) is 12.2 Å². The number of carbonyl (C=O) groups excluding carboxylic acids is 1. The highest BCUT2D eigenvalue weighted by molar-refractivity contribution is 5.96. The standard InChI is InChI=1S/C18H21NO3/c1-3-14-7-6-8-15(13-14)22-12-11-19-18(20)16-9-4-5-10-17(16)21-2/h4-10,13H,3,11-12H2,1-2H3,(H,19,20).